The van der Waals surface area contributed by atoms with E-state index in [9.17, 15) is 27.6 Å². The molecule has 1 aliphatic carbocycles. The second-order valence-electron chi connectivity index (χ2n) is 10.9. The number of carbonyl (C=O) groups excluding carboxylic acids is 4. The standard InChI is InChI=1S/C13H23N3O4.C13H24N2O3S/c1-13(2,3)20-12(19)15-8-10(17)16-7-5-6-9(16)11(18)14-4;1-4-5-6-7-8-9-11-10-12(11)13(16)14-19(17,18)15(2)3/h9H,5-8H2,1-4H3,(H,14,18)(H,15,19);8-9,11-12H,4-7,10H2,1-3H3,(H,14,16)/b;9-8-/t9-;11?,12-/m00/s1. The van der Waals surface area contributed by atoms with Crippen LogP contribution in [-0.2, 0) is 29.3 Å². The number of nitrogens with zero attached hydrogens (tertiary/aromatic N) is 2. The zero-order valence-corrected chi connectivity index (χ0v) is 25.2. The van der Waals surface area contributed by atoms with Crippen molar-refractivity contribution in [1.29, 1.82) is 0 Å². The Morgan fingerprint density at radius 1 is 1.10 bits per heavy atom. The van der Waals surface area contributed by atoms with Crippen LogP contribution in [0.2, 0.25) is 0 Å². The summed E-state index contributed by atoms with van der Waals surface area (Å²) in [5.74, 6) is -0.817. The number of nitrogens with one attached hydrogen (secondary N) is 3. The summed E-state index contributed by atoms with van der Waals surface area (Å²) in [7, 11) is 0.688. The van der Waals surface area contributed by atoms with Crippen LogP contribution in [-0.4, -0.2) is 87.3 Å². The van der Waals surface area contributed by atoms with Gasteiger partial charge in [-0.2, -0.15) is 12.7 Å². The van der Waals surface area contributed by atoms with Crippen LogP contribution >= 0.6 is 0 Å². The van der Waals surface area contributed by atoms with Gasteiger partial charge >= 0.3 is 16.3 Å². The highest BCUT2D eigenvalue weighted by molar-refractivity contribution is 7.87. The Morgan fingerprint density at radius 3 is 2.33 bits per heavy atom. The number of hydrogen-bond acceptors (Lipinski definition) is 7. The minimum absolute atomic E-state index is 0.164. The lowest BCUT2D eigenvalue weighted by molar-refractivity contribution is -0.137. The molecule has 3 N–H and O–H groups in total. The van der Waals surface area contributed by atoms with Gasteiger partial charge in [0, 0.05) is 33.6 Å². The van der Waals surface area contributed by atoms with Crippen molar-refractivity contribution in [1.82, 2.24) is 24.6 Å². The van der Waals surface area contributed by atoms with Crippen LogP contribution in [0.25, 0.3) is 0 Å². The number of hydrogen-bond donors (Lipinski definition) is 3. The molecule has 0 aromatic carbocycles. The maximum atomic E-state index is 12.0. The fourth-order valence-electron chi connectivity index (χ4n) is 3.87. The highest BCUT2D eigenvalue weighted by Gasteiger charge is 2.42. The average molecular weight is 574 g/mol. The number of likely N-dealkylation sites (N-methyl/N-ethyl adjacent to an activating group) is 1. The topological polar surface area (TPSA) is 154 Å². The Hall–Kier alpha value is -2.67. The molecule has 12 nitrogen and oxygen atoms in total. The van der Waals surface area contributed by atoms with E-state index in [1.165, 1.54) is 38.3 Å². The van der Waals surface area contributed by atoms with Gasteiger partial charge in [-0.1, -0.05) is 31.9 Å². The molecule has 39 heavy (non-hydrogen) atoms. The molecular formula is C26H47N5O7S. The molecule has 0 spiro atoms. The Kier molecular flexibility index (Phi) is 13.9. The minimum atomic E-state index is -3.65. The molecule has 1 unspecified atom stereocenters. The number of unbranched alkanes of at least 4 members (excludes halogenated alkanes) is 3. The first-order valence-electron chi connectivity index (χ1n) is 13.5. The smallest absolute Gasteiger partial charge is 0.408 e. The van der Waals surface area contributed by atoms with Gasteiger partial charge in [-0.15, -0.1) is 0 Å². The summed E-state index contributed by atoms with van der Waals surface area (Å²) >= 11 is 0. The number of carbonyl (C=O) groups is 4. The van der Waals surface area contributed by atoms with E-state index in [0.717, 1.165) is 23.6 Å². The fourth-order valence-corrected chi connectivity index (χ4v) is 4.46. The van der Waals surface area contributed by atoms with Crippen molar-refractivity contribution in [2.75, 3.05) is 34.2 Å². The molecule has 1 aliphatic heterocycles. The van der Waals surface area contributed by atoms with E-state index in [4.69, 9.17) is 4.74 Å². The summed E-state index contributed by atoms with van der Waals surface area (Å²) in [5, 5.41) is 4.95. The second-order valence-corrected chi connectivity index (χ2v) is 12.8. The molecule has 2 aliphatic rings. The van der Waals surface area contributed by atoms with Crippen LogP contribution in [0.4, 0.5) is 4.79 Å². The van der Waals surface area contributed by atoms with E-state index >= 15 is 0 Å². The van der Waals surface area contributed by atoms with Gasteiger partial charge in [-0.05, 0) is 58.8 Å². The molecule has 2 rings (SSSR count). The normalized spacial score (nSPS) is 20.7. The first kappa shape index (κ1) is 34.4. The lowest BCUT2D eigenvalue weighted by Crippen LogP contribution is -2.48. The number of amides is 4. The van der Waals surface area contributed by atoms with Gasteiger partial charge < -0.3 is 20.3 Å². The van der Waals surface area contributed by atoms with Crippen LogP contribution in [0.3, 0.4) is 0 Å². The van der Waals surface area contributed by atoms with Crippen molar-refractivity contribution in [3.63, 3.8) is 0 Å². The molecule has 1 saturated carbocycles. The van der Waals surface area contributed by atoms with E-state index in [0.29, 0.717) is 13.0 Å². The van der Waals surface area contributed by atoms with E-state index in [1.54, 1.807) is 27.8 Å². The Bertz CT molecular complexity index is 976. The zero-order chi connectivity index (χ0) is 29.8. The van der Waals surface area contributed by atoms with Crippen LogP contribution in [0.5, 0.6) is 0 Å². The molecule has 1 saturated heterocycles. The molecule has 3 atom stereocenters. The number of ether oxygens (including phenoxy) is 1. The lowest BCUT2D eigenvalue weighted by Gasteiger charge is -2.24. The summed E-state index contributed by atoms with van der Waals surface area (Å²) in [6.45, 7) is 7.77. The second kappa shape index (κ2) is 15.8. The highest BCUT2D eigenvalue weighted by Crippen LogP contribution is 2.40. The average Bonchev–Trinajstić information content (AvgIpc) is 3.45. The quantitative estimate of drug-likeness (QED) is 0.252. The maximum Gasteiger partial charge on any atom is 0.408 e. The summed E-state index contributed by atoms with van der Waals surface area (Å²) < 4.78 is 31.1. The molecule has 0 bridgehead atoms. The van der Waals surface area contributed by atoms with Crippen molar-refractivity contribution < 1.29 is 32.3 Å². The number of alkyl carbamates (subject to hydrolysis) is 1. The first-order valence-corrected chi connectivity index (χ1v) is 15.0. The third-order valence-corrected chi connectivity index (χ3v) is 7.57. The van der Waals surface area contributed by atoms with Crippen LogP contribution in [0.1, 0.15) is 72.6 Å². The van der Waals surface area contributed by atoms with Crippen molar-refractivity contribution >= 4 is 34.0 Å². The Labute approximate surface area is 233 Å². The van der Waals surface area contributed by atoms with E-state index in [-0.39, 0.29) is 30.2 Å². The van der Waals surface area contributed by atoms with Gasteiger partial charge in [0.1, 0.15) is 18.2 Å². The van der Waals surface area contributed by atoms with Gasteiger partial charge in [0.25, 0.3) is 0 Å². The van der Waals surface area contributed by atoms with Crippen molar-refractivity contribution in [3.05, 3.63) is 12.2 Å². The van der Waals surface area contributed by atoms with Gasteiger partial charge in [0.15, 0.2) is 0 Å². The van der Waals surface area contributed by atoms with Gasteiger partial charge in [0.05, 0.1) is 0 Å². The van der Waals surface area contributed by atoms with Gasteiger partial charge in [-0.3, -0.25) is 14.4 Å². The van der Waals surface area contributed by atoms with Crippen molar-refractivity contribution in [2.24, 2.45) is 11.8 Å². The van der Waals surface area contributed by atoms with E-state index < -0.39 is 33.9 Å². The predicted octanol–water partition coefficient (Wildman–Crippen LogP) is 1.93. The van der Waals surface area contributed by atoms with Crippen molar-refractivity contribution in [2.45, 2.75) is 84.3 Å². The third-order valence-electron chi connectivity index (χ3n) is 6.15. The third kappa shape index (κ3) is 12.8. The molecule has 2 fully saturated rings. The van der Waals surface area contributed by atoms with Crippen LogP contribution in [0.15, 0.2) is 12.2 Å². The maximum absolute atomic E-state index is 12.0. The zero-order valence-electron chi connectivity index (χ0n) is 24.4. The molecule has 0 radical (unpaired) electrons. The Balaban J connectivity index is 0.000000391. The molecular weight excluding hydrogens is 526 g/mol. The summed E-state index contributed by atoms with van der Waals surface area (Å²) in [5.41, 5.74) is -0.606. The fraction of sp³-hybridized carbons (Fsp3) is 0.769. The van der Waals surface area contributed by atoms with Crippen molar-refractivity contribution in [3.8, 4) is 0 Å². The van der Waals surface area contributed by atoms with Gasteiger partial charge in [0.2, 0.25) is 17.7 Å². The first-order chi connectivity index (χ1) is 18.1. The monoisotopic (exact) mass is 573 g/mol. The number of likely N-dealkylation sites (tertiary alicyclic amines) is 1. The molecule has 0 aromatic rings. The Morgan fingerprint density at radius 2 is 1.77 bits per heavy atom. The number of allylic oxidation sites excluding steroid dienone is 2. The summed E-state index contributed by atoms with van der Waals surface area (Å²) in [4.78, 5) is 48.3. The molecule has 4 amide bonds. The number of rotatable bonds is 11. The molecule has 224 valence electrons. The largest absolute Gasteiger partial charge is 0.444 e. The van der Waals surface area contributed by atoms with Gasteiger partial charge in [-0.25, -0.2) is 9.52 Å². The van der Waals surface area contributed by atoms with E-state index in [2.05, 4.69) is 28.4 Å². The molecule has 13 heteroatoms. The van der Waals surface area contributed by atoms with Crippen LogP contribution < -0.4 is 15.4 Å². The lowest BCUT2D eigenvalue weighted by atomic mass is 10.2. The predicted molar refractivity (Wildman–Crippen MR) is 149 cm³/mol. The summed E-state index contributed by atoms with van der Waals surface area (Å²) in [6, 6.07) is -0.437. The van der Waals surface area contributed by atoms with E-state index in [1.807, 2.05) is 6.08 Å². The van der Waals surface area contributed by atoms with Crippen LogP contribution in [0, 0.1) is 11.8 Å². The SMILES string of the molecule is CCCCC/C=C\C1C[C@@H]1C(=O)NS(=O)(=O)N(C)C.CNC(=O)[C@@H]1CCCN1C(=O)CNC(=O)OC(C)(C)C. The molecule has 0 aromatic heterocycles. The molecule has 1 heterocycles. The minimum Gasteiger partial charge on any atom is -0.444 e. The highest BCUT2D eigenvalue weighted by atomic mass is 32.2. The summed E-state index contributed by atoms with van der Waals surface area (Å²) in [6.07, 6.45) is 10.3.